The van der Waals surface area contributed by atoms with E-state index in [-0.39, 0.29) is 24.2 Å². The number of benzene rings is 4. The summed E-state index contributed by atoms with van der Waals surface area (Å²) < 4.78 is 0. The van der Waals surface area contributed by atoms with Crippen LogP contribution in [0.15, 0.2) is 103 Å². The normalized spacial score (nSPS) is 22.1. The summed E-state index contributed by atoms with van der Waals surface area (Å²) in [4.78, 5) is 28.9. The van der Waals surface area contributed by atoms with Crippen molar-refractivity contribution in [2.24, 2.45) is 0 Å². The Bertz CT molecular complexity index is 1430. The maximum absolute atomic E-state index is 14.4. The molecule has 6 rings (SSSR count). The van der Waals surface area contributed by atoms with Crippen LogP contribution >= 0.6 is 0 Å². The maximum atomic E-state index is 14.4. The van der Waals surface area contributed by atoms with Crippen LogP contribution in [0.4, 0.5) is 5.69 Å². The van der Waals surface area contributed by atoms with Gasteiger partial charge in [0.05, 0.1) is 11.5 Å². The molecule has 3 atom stereocenters. The number of aldehydes is 1. The number of anilines is 1. The zero-order valence-corrected chi connectivity index (χ0v) is 19.7. The van der Waals surface area contributed by atoms with Crippen molar-refractivity contribution in [1.29, 1.82) is 0 Å². The van der Waals surface area contributed by atoms with Crippen molar-refractivity contribution in [3.8, 4) is 0 Å². The number of Topliss-reactive ketones (excluding diaryl/α,β-unsaturated/α-hetero) is 1. The predicted molar refractivity (Wildman–Crippen MR) is 139 cm³/mol. The van der Waals surface area contributed by atoms with Gasteiger partial charge < -0.3 is 9.69 Å². The van der Waals surface area contributed by atoms with Gasteiger partial charge in [-0.05, 0) is 40.8 Å². The largest absolute Gasteiger partial charge is 0.362 e. The molecule has 4 aromatic rings. The summed E-state index contributed by atoms with van der Waals surface area (Å²) in [5.41, 5.74) is 6.47. The van der Waals surface area contributed by atoms with E-state index < -0.39 is 5.41 Å². The Hall–Kier alpha value is -3.98. The molecule has 3 heteroatoms. The van der Waals surface area contributed by atoms with Gasteiger partial charge in [-0.3, -0.25) is 4.79 Å². The Morgan fingerprint density at radius 1 is 0.857 bits per heavy atom. The molecule has 0 saturated heterocycles. The van der Waals surface area contributed by atoms with E-state index in [0.717, 1.165) is 28.7 Å². The fourth-order valence-corrected chi connectivity index (χ4v) is 6.32. The summed E-state index contributed by atoms with van der Waals surface area (Å²) >= 11 is 0. The zero-order chi connectivity index (χ0) is 24.0. The van der Waals surface area contributed by atoms with Gasteiger partial charge in [0, 0.05) is 30.1 Å². The van der Waals surface area contributed by atoms with Crippen LogP contribution in [0.5, 0.6) is 0 Å². The molecule has 0 N–H and O–H groups in total. The fourth-order valence-electron chi connectivity index (χ4n) is 6.32. The van der Waals surface area contributed by atoms with E-state index in [0.29, 0.717) is 12.1 Å². The summed E-state index contributed by atoms with van der Waals surface area (Å²) in [5, 5.41) is 0. The molecule has 0 radical (unpaired) electrons. The predicted octanol–water partition coefficient (Wildman–Crippen LogP) is 6.41. The fraction of sp³-hybridized carbons (Fsp3) is 0.188. The molecule has 3 unspecified atom stereocenters. The van der Waals surface area contributed by atoms with Gasteiger partial charge in [-0.2, -0.15) is 0 Å². The number of ketones is 1. The van der Waals surface area contributed by atoms with Gasteiger partial charge in [0.1, 0.15) is 6.29 Å². The minimum Gasteiger partial charge on any atom is -0.362 e. The molecule has 2 aliphatic rings. The number of hydrogen-bond acceptors (Lipinski definition) is 3. The van der Waals surface area contributed by atoms with Crippen molar-refractivity contribution in [2.75, 3.05) is 11.4 Å². The molecule has 0 fully saturated rings. The van der Waals surface area contributed by atoms with Gasteiger partial charge in [0.15, 0.2) is 5.78 Å². The minimum atomic E-state index is -0.945. The third kappa shape index (κ3) is 3.19. The van der Waals surface area contributed by atoms with Gasteiger partial charge in [0.25, 0.3) is 0 Å². The summed E-state index contributed by atoms with van der Waals surface area (Å²) in [6.45, 7) is 2.44. The minimum absolute atomic E-state index is 0.0224. The van der Waals surface area contributed by atoms with Crippen LogP contribution in [0.25, 0.3) is 0 Å². The van der Waals surface area contributed by atoms with Gasteiger partial charge in [0.2, 0.25) is 0 Å². The Labute approximate surface area is 206 Å². The lowest BCUT2D eigenvalue weighted by atomic mass is 9.65. The average molecular weight is 458 g/mol. The molecular weight excluding hydrogens is 430 g/mol. The topological polar surface area (TPSA) is 37.4 Å². The van der Waals surface area contributed by atoms with Gasteiger partial charge in [-0.1, -0.05) is 97.1 Å². The molecule has 0 bridgehead atoms. The van der Waals surface area contributed by atoms with E-state index in [9.17, 15) is 9.59 Å². The average Bonchev–Trinajstić information content (AvgIpc) is 3.23. The number of hydrogen-bond donors (Lipinski definition) is 0. The van der Waals surface area contributed by atoms with Crippen molar-refractivity contribution < 1.29 is 9.59 Å². The molecular formula is C32H27NO2. The van der Waals surface area contributed by atoms with Crippen LogP contribution in [0.1, 0.15) is 56.6 Å². The second-order valence-corrected chi connectivity index (χ2v) is 9.70. The molecule has 0 spiro atoms. The van der Waals surface area contributed by atoms with Crippen molar-refractivity contribution in [3.05, 3.63) is 137 Å². The Morgan fingerprint density at radius 2 is 1.51 bits per heavy atom. The van der Waals surface area contributed by atoms with E-state index in [4.69, 9.17) is 0 Å². The van der Waals surface area contributed by atoms with Crippen LogP contribution in [0.3, 0.4) is 0 Å². The molecule has 4 aromatic carbocycles. The van der Waals surface area contributed by atoms with E-state index in [1.165, 1.54) is 11.1 Å². The van der Waals surface area contributed by atoms with Gasteiger partial charge in [-0.25, -0.2) is 0 Å². The Morgan fingerprint density at radius 3 is 2.29 bits per heavy atom. The van der Waals surface area contributed by atoms with Crippen LogP contribution in [0.2, 0.25) is 0 Å². The van der Waals surface area contributed by atoms with Gasteiger partial charge in [-0.15, -0.1) is 0 Å². The molecule has 0 aromatic heterocycles. The first-order valence-electron chi connectivity index (χ1n) is 12.2. The first kappa shape index (κ1) is 21.5. The highest BCUT2D eigenvalue weighted by molar-refractivity contribution is 6.07. The number of aryl methyl sites for hydroxylation is 1. The molecule has 2 aliphatic heterocycles. The van der Waals surface area contributed by atoms with E-state index in [1.54, 1.807) is 0 Å². The number of para-hydroxylation sites is 1. The summed E-state index contributed by atoms with van der Waals surface area (Å²) in [5.74, 6) is 0.172. The Balaban J connectivity index is 1.61. The first-order chi connectivity index (χ1) is 17.2. The third-order valence-corrected chi connectivity index (χ3v) is 7.88. The van der Waals surface area contributed by atoms with Crippen molar-refractivity contribution in [3.63, 3.8) is 0 Å². The molecule has 0 saturated carbocycles. The van der Waals surface area contributed by atoms with Crippen molar-refractivity contribution in [2.45, 2.75) is 30.7 Å². The molecule has 35 heavy (non-hydrogen) atoms. The summed E-state index contributed by atoms with van der Waals surface area (Å²) in [6.07, 6.45) is 1.07. The third-order valence-electron chi connectivity index (χ3n) is 7.88. The van der Waals surface area contributed by atoms with Crippen LogP contribution < -0.4 is 4.90 Å². The molecule has 172 valence electrons. The van der Waals surface area contributed by atoms with Crippen LogP contribution in [0, 0.1) is 6.92 Å². The van der Waals surface area contributed by atoms with E-state index >= 15 is 0 Å². The smallest absolute Gasteiger partial charge is 0.175 e. The van der Waals surface area contributed by atoms with Crippen LogP contribution in [-0.2, 0) is 10.2 Å². The highest BCUT2D eigenvalue weighted by atomic mass is 16.1. The van der Waals surface area contributed by atoms with Crippen molar-refractivity contribution >= 4 is 17.8 Å². The molecule has 3 nitrogen and oxygen atoms in total. The molecule has 0 amide bonds. The highest BCUT2D eigenvalue weighted by Gasteiger charge is 2.53. The lowest BCUT2D eigenvalue weighted by Crippen LogP contribution is -2.52. The standard InChI is InChI=1S/C32H27NO2/c1-22-11-5-6-14-24(22)31(35)32(19-20-34)21-33-28-18-10-8-16-26(28)29(23-12-3-2-4-13-23)30(33)25-15-7-9-17-27(25)32/h2-18,20,29-30H,19,21H2,1H3. The summed E-state index contributed by atoms with van der Waals surface area (Å²) in [6, 6.07) is 35.2. The van der Waals surface area contributed by atoms with Crippen molar-refractivity contribution in [1.82, 2.24) is 0 Å². The highest BCUT2D eigenvalue weighted by Crippen LogP contribution is 2.57. The number of carbonyl (C=O) groups excluding carboxylic acids is 2. The number of rotatable bonds is 5. The second-order valence-electron chi connectivity index (χ2n) is 9.70. The van der Waals surface area contributed by atoms with E-state index in [1.807, 2.05) is 43.3 Å². The Kier molecular flexibility index (Phi) is 5.14. The van der Waals surface area contributed by atoms with Gasteiger partial charge >= 0.3 is 0 Å². The van der Waals surface area contributed by atoms with E-state index in [2.05, 4.69) is 71.6 Å². The SMILES string of the molecule is Cc1ccccc1C(=O)C1(CC=O)CN2c3ccccc3C(c3ccccc3)C2c2ccccc21. The first-order valence-corrected chi connectivity index (χ1v) is 12.2. The monoisotopic (exact) mass is 457 g/mol. The molecule has 0 aliphatic carbocycles. The maximum Gasteiger partial charge on any atom is 0.175 e. The quantitative estimate of drug-likeness (QED) is 0.257. The lowest BCUT2D eigenvalue weighted by Gasteiger charge is -2.47. The number of nitrogens with zero attached hydrogens (tertiary/aromatic N) is 1. The second kappa shape index (κ2) is 8.35. The van der Waals surface area contributed by atoms with Crippen LogP contribution in [-0.4, -0.2) is 18.6 Å². The number of carbonyl (C=O) groups is 2. The molecule has 2 heterocycles. The lowest BCUT2D eigenvalue weighted by molar-refractivity contribution is -0.108. The zero-order valence-electron chi connectivity index (χ0n) is 19.7. The summed E-state index contributed by atoms with van der Waals surface area (Å²) in [7, 11) is 0. The number of fused-ring (bicyclic) bond motifs is 5.